The fourth-order valence-electron chi connectivity index (χ4n) is 2.51. The van der Waals surface area contributed by atoms with Gasteiger partial charge in [0, 0.05) is 31.4 Å². The number of fused-ring (bicyclic) bond motifs is 1. The highest BCUT2D eigenvalue weighted by atomic mass is 32.1. The topological polar surface area (TPSA) is 92.3 Å². The molecule has 106 valence electrons. The number of nitrogens with two attached hydrogens (primary N) is 1. The summed E-state index contributed by atoms with van der Waals surface area (Å²) >= 11 is 1.28. The van der Waals surface area contributed by atoms with E-state index in [4.69, 9.17) is 5.73 Å². The minimum atomic E-state index is -0.393. The van der Waals surface area contributed by atoms with Crippen molar-refractivity contribution in [1.29, 1.82) is 0 Å². The molecule has 3 heterocycles. The maximum absolute atomic E-state index is 12.5. The van der Waals surface area contributed by atoms with Crippen LogP contribution in [0.5, 0.6) is 0 Å². The van der Waals surface area contributed by atoms with E-state index in [-0.39, 0.29) is 11.8 Å². The summed E-state index contributed by atoms with van der Waals surface area (Å²) in [6.07, 6.45) is 3.59. The Bertz CT molecular complexity index is 655. The second-order valence-electron chi connectivity index (χ2n) is 5.10. The van der Waals surface area contributed by atoms with Crippen LogP contribution < -0.4 is 5.73 Å². The van der Waals surface area contributed by atoms with Gasteiger partial charge in [-0.25, -0.2) is 9.97 Å². The van der Waals surface area contributed by atoms with E-state index in [1.54, 1.807) is 24.2 Å². The van der Waals surface area contributed by atoms with Crippen LogP contribution in [-0.4, -0.2) is 45.1 Å². The first-order valence-electron chi connectivity index (χ1n) is 6.54. The number of aromatic nitrogens is 2. The molecule has 1 saturated heterocycles. The minimum Gasteiger partial charge on any atom is -0.396 e. The van der Waals surface area contributed by atoms with Gasteiger partial charge < -0.3 is 15.7 Å². The van der Waals surface area contributed by atoms with Crippen molar-refractivity contribution in [3.05, 3.63) is 17.3 Å². The molecule has 6 nitrogen and oxygen atoms in total. The standard InChI is InChI=1S/C13H16N4O2S/c1-7(18)8-2-5-17(6-8)13(19)11-9(14)10-12(20-11)16-4-3-15-10/h3-4,7-8,18H,2,5-6,14H2,1H3. The molecule has 2 atom stereocenters. The lowest BCUT2D eigenvalue weighted by Gasteiger charge is -2.17. The molecule has 2 unspecified atom stereocenters. The number of aliphatic hydroxyl groups excluding tert-OH is 1. The third kappa shape index (κ3) is 2.12. The summed E-state index contributed by atoms with van der Waals surface area (Å²) in [7, 11) is 0. The van der Waals surface area contributed by atoms with E-state index in [2.05, 4.69) is 9.97 Å². The second kappa shape index (κ2) is 4.99. The summed E-state index contributed by atoms with van der Waals surface area (Å²) in [6, 6.07) is 0. The number of likely N-dealkylation sites (tertiary alicyclic amines) is 1. The van der Waals surface area contributed by atoms with E-state index in [0.29, 0.717) is 34.0 Å². The van der Waals surface area contributed by atoms with Gasteiger partial charge in [0.2, 0.25) is 0 Å². The average molecular weight is 292 g/mol. The summed E-state index contributed by atoms with van der Waals surface area (Å²) in [5.74, 6) is 0.0567. The Balaban J connectivity index is 1.88. The van der Waals surface area contributed by atoms with Gasteiger partial charge in [0.15, 0.2) is 0 Å². The number of anilines is 1. The maximum Gasteiger partial charge on any atom is 0.266 e. The van der Waals surface area contributed by atoms with Crippen LogP contribution in [0.25, 0.3) is 10.3 Å². The number of carbonyl (C=O) groups is 1. The second-order valence-corrected chi connectivity index (χ2v) is 6.09. The van der Waals surface area contributed by atoms with Crippen LogP contribution in [0.1, 0.15) is 23.0 Å². The van der Waals surface area contributed by atoms with Gasteiger partial charge in [-0.1, -0.05) is 0 Å². The van der Waals surface area contributed by atoms with Crippen LogP contribution in [0.15, 0.2) is 12.4 Å². The Kier molecular flexibility index (Phi) is 3.31. The Labute approximate surface area is 120 Å². The highest BCUT2D eigenvalue weighted by molar-refractivity contribution is 7.21. The number of hydrogen-bond donors (Lipinski definition) is 2. The number of nitrogen functional groups attached to an aromatic ring is 1. The zero-order valence-electron chi connectivity index (χ0n) is 11.1. The molecule has 0 saturated carbocycles. The van der Waals surface area contributed by atoms with E-state index in [9.17, 15) is 9.90 Å². The molecule has 1 fully saturated rings. The van der Waals surface area contributed by atoms with Gasteiger partial charge in [-0.05, 0) is 13.3 Å². The fourth-order valence-corrected chi connectivity index (χ4v) is 3.50. The monoisotopic (exact) mass is 292 g/mol. The molecule has 0 bridgehead atoms. The lowest BCUT2D eigenvalue weighted by atomic mass is 10.0. The van der Waals surface area contributed by atoms with E-state index < -0.39 is 6.10 Å². The Morgan fingerprint density at radius 3 is 2.95 bits per heavy atom. The van der Waals surface area contributed by atoms with Crippen LogP contribution in [0.3, 0.4) is 0 Å². The molecule has 3 N–H and O–H groups in total. The molecule has 1 aliphatic rings. The predicted molar refractivity (Wildman–Crippen MR) is 77.5 cm³/mol. The molecule has 1 amide bonds. The van der Waals surface area contributed by atoms with E-state index >= 15 is 0 Å². The molecule has 2 aromatic rings. The van der Waals surface area contributed by atoms with Gasteiger partial charge in [0.1, 0.15) is 15.2 Å². The van der Waals surface area contributed by atoms with E-state index in [1.807, 2.05) is 0 Å². The Hall–Kier alpha value is -1.73. The van der Waals surface area contributed by atoms with Gasteiger partial charge in [-0.15, -0.1) is 11.3 Å². The Morgan fingerprint density at radius 1 is 1.55 bits per heavy atom. The first-order chi connectivity index (χ1) is 9.58. The van der Waals surface area contributed by atoms with Crippen molar-refractivity contribution in [1.82, 2.24) is 14.9 Å². The normalized spacial score (nSPS) is 20.5. The van der Waals surface area contributed by atoms with Crippen LogP contribution >= 0.6 is 11.3 Å². The highest BCUT2D eigenvalue weighted by Gasteiger charge is 2.31. The number of aliphatic hydroxyl groups is 1. The summed E-state index contributed by atoms with van der Waals surface area (Å²) in [6.45, 7) is 2.99. The lowest BCUT2D eigenvalue weighted by Crippen LogP contribution is -2.30. The average Bonchev–Trinajstić information content (AvgIpc) is 3.04. The lowest BCUT2D eigenvalue weighted by molar-refractivity contribution is 0.0768. The molecule has 0 radical (unpaired) electrons. The van der Waals surface area contributed by atoms with Crippen molar-refractivity contribution >= 4 is 33.3 Å². The molecule has 0 aromatic carbocycles. The van der Waals surface area contributed by atoms with Gasteiger partial charge in [0.05, 0.1) is 11.8 Å². The van der Waals surface area contributed by atoms with Crippen molar-refractivity contribution < 1.29 is 9.90 Å². The van der Waals surface area contributed by atoms with Crippen molar-refractivity contribution in [3.63, 3.8) is 0 Å². The molecule has 3 rings (SSSR count). The van der Waals surface area contributed by atoms with Gasteiger partial charge in [-0.3, -0.25) is 4.79 Å². The zero-order chi connectivity index (χ0) is 14.3. The molecular formula is C13H16N4O2S. The van der Waals surface area contributed by atoms with E-state index in [0.717, 1.165) is 6.42 Å². The van der Waals surface area contributed by atoms with Crippen molar-refractivity contribution in [3.8, 4) is 0 Å². The SMILES string of the molecule is CC(O)C1CCN(C(=O)c2sc3nccnc3c2N)C1. The first kappa shape index (κ1) is 13.3. The largest absolute Gasteiger partial charge is 0.396 e. The summed E-state index contributed by atoms with van der Waals surface area (Å²) < 4.78 is 0. The molecule has 20 heavy (non-hydrogen) atoms. The van der Waals surface area contributed by atoms with Crippen molar-refractivity contribution in [2.24, 2.45) is 5.92 Å². The van der Waals surface area contributed by atoms with Gasteiger partial charge in [0.25, 0.3) is 5.91 Å². The van der Waals surface area contributed by atoms with Crippen LogP contribution in [0.4, 0.5) is 5.69 Å². The summed E-state index contributed by atoms with van der Waals surface area (Å²) in [5, 5.41) is 9.61. The highest BCUT2D eigenvalue weighted by Crippen LogP contribution is 2.32. The fraction of sp³-hybridized carbons (Fsp3) is 0.462. The maximum atomic E-state index is 12.5. The number of amides is 1. The third-order valence-corrected chi connectivity index (χ3v) is 4.84. The zero-order valence-corrected chi connectivity index (χ0v) is 11.9. The minimum absolute atomic E-state index is 0.0875. The van der Waals surface area contributed by atoms with Crippen molar-refractivity contribution in [2.45, 2.75) is 19.4 Å². The molecule has 0 aliphatic carbocycles. The molecule has 2 aromatic heterocycles. The third-order valence-electron chi connectivity index (χ3n) is 3.75. The quantitative estimate of drug-likeness (QED) is 0.865. The summed E-state index contributed by atoms with van der Waals surface area (Å²) in [5.41, 5.74) is 7.01. The number of hydrogen-bond acceptors (Lipinski definition) is 6. The Morgan fingerprint density at radius 2 is 2.30 bits per heavy atom. The predicted octanol–water partition coefficient (Wildman–Crippen LogP) is 1.12. The van der Waals surface area contributed by atoms with Crippen molar-refractivity contribution in [2.75, 3.05) is 18.8 Å². The number of rotatable bonds is 2. The first-order valence-corrected chi connectivity index (χ1v) is 7.36. The molecular weight excluding hydrogens is 276 g/mol. The number of thiophene rings is 1. The number of nitrogens with zero attached hydrogens (tertiary/aromatic N) is 3. The number of carbonyl (C=O) groups excluding carboxylic acids is 1. The molecule has 0 spiro atoms. The molecule has 7 heteroatoms. The van der Waals surface area contributed by atoms with Crippen LogP contribution in [0, 0.1) is 5.92 Å². The molecule has 1 aliphatic heterocycles. The van der Waals surface area contributed by atoms with Crippen LogP contribution in [0.2, 0.25) is 0 Å². The van der Waals surface area contributed by atoms with Gasteiger partial charge >= 0.3 is 0 Å². The smallest absolute Gasteiger partial charge is 0.266 e. The van der Waals surface area contributed by atoms with Crippen LogP contribution in [-0.2, 0) is 0 Å². The van der Waals surface area contributed by atoms with Gasteiger partial charge in [-0.2, -0.15) is 0 Å². The van der Waals surface area contributed by atoms with E-state index in [1.165, 1.54) is 11.3 Å². The summed E-state index contributed by atoms with van der Waals surface area (Å²) in [4.78, 5) is 23.8.